The van der Waals surface area contributed by atoms with Crippen molar-refractivity contribution in [3.63, 3.8) is 0 Å². The number of ether oxygens (including phenoxy) is 2. The molecule has 0 aliphatic heterocycles. The van der Waals surface area contributed by atoms with Crippen LogP contribution in [0.3, 0.4) is 0 Å². The number of allylic oxidation sites excluding steroid dienone is 2. The van der Waals surface area contributed by atoms with Gasteiger partial charge in [-0.3, -0.25) is 14.2 Å². The number of hydrogen-bond acceptors (Lipinski definition) is 8. The fraction of sp³-hybridized carbons (Fsp3) is 0.913. The SMILES string of the molecule is CCCC/C=C/CCCCCCCCCCCC(=O)OC(COC(=O)CCCCCCCCCCCCCCCCCCC)COP(=O)([O-])OCC[N+](C)(C)C. The van der Waals surface area contributed by atoms with Gasteiger partial charge in [0, 0.05) is 12.8 Å². The van der Waals surface area contributed by atoms with E-state index in [2.05, 4.69) is 26.0 Å². The second-order valence-corrected chi connectivity index (χ2v) is 18.5. The number of carbonyl (C=O) groups excluding carboxylic acids is 2. The highest BCUT2D eigenvalue weighted by Gasteiger charge is 2.21. The molecule has 0 saturated carbocycles. The van der Waals surface area contributed by atoms with Gasteiger partial charge in [-0.1, -0.05) is 187 Å². The zero-order valence-electron chi connectivity index (χ0n) is 37.3. The Hall–Kier alpha value is -1.25. The van der Waals surface area contributed by atoms with Crippen LogP contribution in [-0.4, -0.2) is 70.0 Å². The smallest absolute Gasteiger partial charge is 0.306 e. The maximum atomic E-state index is 12.7. The second-order valence-electron chi connectivity index (χ2n) is 17.1. The Morgan fingerprint density at radius 1 is 0.536 bits per heavy atom. The number of quaternary nitrogens is 1. The van der Waals surface area contributed by atoms with Crippen molar-refractivity contribution in [2.24, 2.45) is 0 Å². The van der Waals surface area contributed by atoms with Gasteiger partial charge in [0.1, 0.15) is 19.8 Å². The van der Waals surface area contributed by atoms with Crippen LogP contribution < -0.4 is 4.89 Å². The number of nitrogens with zero attached hydrogens (tertiary/aromatic N) is 1. The lowest BCUT2D eigenvalue weighted by Crippen LogP contribution is -2.37. The van der Waals surface area contributed by atoms with Crippen LogP contribution in [0.1, 0.15) is 219 Å². The van der Waals surface area contributed by atoms with E-state index in [-0.39, 0.29) is 32.0 Å². The van der Waals surface area contributed by atoms with Crippen molar-refractivity contribution in [1.82, 2.24) is 0 Å². The van der Waals surface area contributed by atoms with Crippen molar-refractivity contribution < 1.29 is 42.1 Å². The summed E-state index contributed by atoms with van der Waals surface area (Å²) in [5.74, 6) is -0.825. The number of phosphoric ester groups is 1. The van der Waals surface area contributed by atoms with Crippen LogP contribution in [0, 0.1) is 0 Å². The highest BCUT2D eigenvalue weighted by molar-refractivity contribution is 7.45. The van der Waals surface area contributed by atoms with E-state index in [9.17, 15) is 19.0 Å². The van der Waals surface area contributed by atoms with Gasteiger partial charge in [0.25, 0.3) is 7.82 Å². The molecule has 0 aromatic rings. The highest BCUT2D eigenvalue weighted by atomic mass is 31.2. The molecule has 2 atom stereocenters. The largest absolute Gasteiger partial charge is 0.756 e. The number of carbonyl (C=O) groups is 2. The summed E-state index contributed by atoms with van der Waals surface area (Å²) >= 11 is 0. The lowest BCUT2D eigenvalue weighted by Gasteiger charge is -2.28. The summed E-state index contributed by atoms with van der Waals surface area (Å²) in [4.78, 5) is 37.6. The van der Waals surface area contributed by atoms with Crippen molar-refractivity contribution in [2.75, 3.05) is 47.5 Å². The molecule has 56 heavy (non-hydrogen) atoms. The average Bonchev–Trinajstić information content (AvgIpc) is 3.15. The lowest BCUT2D eigenvalue weighted by molar-refractivity contribution is -0.870. The zero-order chi connectivity index (χ0) is 41.4. The molecule has 0 aromatic heterocycles. The van der Waals surface area contributed by atoms with E-state index in [1.165, 1.54) is 148 Å². The van der Waals surface area contributed by atoms with Gasteiger partial charge in [0.2, 0.25) is 0 Å². The molecule has 0 rings (SSSR count). The van der Waals surface area contributed by atoms with E-state index >= 15 is 0 Å². The monoisotopic (exact) mass is 816 g/mol. The molecule has 0 radical (unpaired) electrons. The number of esters is 2. The van der Waals surface area contributed by atoms with Gasteiger partial charge in [0.05, 0.1) is 27.7 Å². The maximum absolute atomic E-state index is 12.7. The normalized spacial score (nSPS) is 13.6. The van der Waals surface area contributed by atoms with Crippen molar-refractivity contribution >= 4 is 19.8 Å². The van der Waals surface area contributed by atoms with Gasteiger partial charge < -0.3 is 27.9 Å². The summed E-state index contributed by atoms with van der Waals surface area (Å²) in [6, 6.07) is 0. The lowest BCUT2D eigenvalue weighted by atomic mass is 10.0. The van der Waals surface area contributed by atoms with E-state index < -0.39 is 26.5 Å². The van der Waals surface area contributed by atoms with E-state index in [4.69, 9.17) is 18.5 Å². The first kappa shape index (κ1) is 54.8. The molecule has 0 aromatic carbocycles. The zero-order valence-corrected chi connectivity index (χ0v) is 38.2. The molecule has 0 aliphatic carbocycles. The topological polar surface area (TPSA) is 111 Å². The van der Waals surface area contributed by atoms with Crippen molar-refractivity contribution in [3.8, 4) is 0 Å². The molecular formula is C46H90NO8P. The van der Waals surface area contributed by atoms with Crippen LogP contribution in [0.15, 0.2) is 12.2 Å². The van der Waals surface area contributed by atoms with Gasteiger partial charge >= 0.3 is 11.9 Å². The van der Waals surface area contributed by atoms with Crippen LogP contribution in [0.25, 0.3) is 0 Å². The summed E-state index contributed by atoms with van der Waals surface area (Å²) in [6.45, 7) is 4.23. The first-order chi connectivity index (χ1) is 27.0. The summed E-state index contributed by atoms with van der Waals surface area (Å²) < 4.78 is 34.0. The predicted octanol–water partition coefficient (Wildman–Crippen LogP) is 12.7. The fourth-order valence-corrected chi connectivity index (χ4v) is 7.31. The Labute approximate surface area is 346 Å². The van der Waals surface area contributed by atoms with Gasteiger partial charge in [-0.2, -0.15) is 0 Å². The minimum atomic E-state index is -4.62. The Balaban J connectivity index is 4.28. The second kappa shape index (κ2) is 39.2. The fourth-order valence-electron chi connectivity index (χ4n) is 6.58. The number of rotatable bonds is 43. The van der Waals surface area contributed by atoms with Gasteiger partial charge in [-0.05, 0) is 32.1 Å². The number of phosphoric acid groups is 1. The van der Waals surface area contributed by atoms with Crippen LogP contribution in [-0.2, 0) is 32.7 Å². The first-order valence-electron chi connectivity index (χ1n) is 23.4. The molecule has 0 N–H and O–H groups in total. The quantitative estimate of drug-likeness (QED) is 0.0197. The Kier molecular flexibility index (Phi) is 38.3. The van der Waals surface area contributed by atoms with E-state index in [0.29, 0.717) is 17.4 Å². The highest BCUT2D eigenvalue weighted by Crippen LogP contribution is 2.38. The van der Waals surface area contributed by atoms with Gasteiger partial charge in [-0.25, -0.2) is 0 Å². The molecule has 2 unspecified atom stereocenters. The van der Waals surface area contributed by atoms with Crippen LogP contribution in [0.4, 0.5) is 0 Å². The van der Waals surface area contributed by atoms with Gasteiger partial charge in [-0.15, -0.1) is 0 Å². The first-order valence-corrected chi connectivity index (χ1v) is 24.9. The van der Waals surface area contributed by atoms with Crippen LogP contribution >= 0.6 is 7.82 Å². The molecule has 0 bridgehead atoms. The number of hydrogen-bond donors (Lipinski definition) is 0. The third kappa shape index (κ3) is 42.4. The molecule has 0 fully saturated rings. The van der Waals surface area contributed by atoms with Crippen LogP contribution in [0.5, 0.6) is 0 Å². The Morgan fingerprint density at radius 3 is 1.38 bits per heavy atom. The summed E-state index contributed by atoms with van der Waals surface area (Å²) in [7, 11) is 1.18. The van der Waals surface area contributed by atoms with Crippen molar-refractivity contribution in [3.05, 3.63) is 12.2 Å². The van der Waals surface area contributed by atoms with E-state index in [1.807, 2.05) is 21.1 Å². The molecule has 0 heterocycles. The maximum Gasteiger partial charge on any atom is 0.306 e. The Bertz CT molecular complexity index is 969. The third-order valence-corrected chi connectivity index (χ3v) is 11.2. The summed E-state index contributed by atoms with van der Waals surface area (Å²) in [6.07, 6.45) is 40.9. The van der Waals surface area contributed by atoms with Crippen molar-refractivity contribution in [2.45, 2.75) is 225 Å². The predicted molar refractivity (Wildman–Crippen MR) is 231 cm³/mol. The molecule has 0 amide bonds. The van der Waals surface area contributed by atoms with E-state index in [1.54, 1.807) is 0 Å². The molecule has 0 aliphatic rings. The molecule has 0 spiro atoms. The minimum absolute atomic E-state index is 0.0279. The third-order valence-electron chi connectivity index (χ3n) is 10.3. The summed E-state index contributed by atoms with van der Waals surface area (Å²) in [5, 5.41) is 0. The van der Waals surface area contributed by atoms with Crippen LogP contribution in [0.2, 0.25) is 0 Å². The standard InChI is InChI=1S/C46H90NO8P/c1-6-8-10-12-14-16-18-20-22-23-25-26-28-30-32-34-36-38-45(48)52-42-44(43-54-56(50,51)53-41-40-47(3,4)5)55-46(49)39-37-35-33-31-29-27-24-21-19-17-15-13-11-9-7-2/h13,15,44H,6-12,14,16-43H2,1-5H3/b15-13+. The van der Waals surface area contributed by atoms with Gasteiger partial charge in [0.15, 0.2) is 6.10 Å². The minimum Gasteiger partial charge on any atom is -0.756 e. The average molecular weight is 816 g/mol. The number of unbranched alkanes of at least 4 members (excludes halogenated alkanes) is 27. The summed E-state index contributed by atoms with van der Waals surface area (Å²) in [5.41, 5.74) is 0. The molecular weight excluding hydrogens is 725 g/mol. The molecule has 332 valence electrons. The number of likely N-dealkylation sites (N-methyl/N-ethyl adjacent to an activating group) is 1. The van der Waals surface area contributed by atoms with Crippen molar-refractivity contribution in [1.29, 1.82) is 0 Å². The Morgan fingerprint density at radius 2 is 0.929 bits per heavy atom. The molecule has 10 heteroatoms. The molecule has 0 saturated heterocycles. The molecule has 9 nitrogen and oxygen atoms in total. The van der Waals surface area contributed by atoms with E-state index in [0.717, 1.165) is 38.5 Å².